The van der Waals surface area contributed by atoms with Gasteiger partial charge in [-0.2, -0.15) is 0 Å². The molecule has 0 fully saturated rings. The van der Waals surface area contributed by atoms with E-state index in [1.165, 1.54) is 0 Å². The molecule has 0 unspecified atom stereocenters. The standard InChI is InChI=1S/C6H2N2O5/c9-3-1-2-4(10)12-6-7-5(11-3)8-13-6/h1-2H/b2-1+. The summed E-state index contributed by atoms with van der Waals surface area (Å²) in [6.45, 7) is 0. The molecule has 1 aromatic heterocycles. The van der Waals surface area contributed by atoms with Crippen molar-refractivity contribution in [1.82, 2.24) is 10.1 Å². The molecule has 0 aliphatic carbocycles. The van der Waals surface area contributed by atoms with Crippen LogP contribution in [0.5, 0.6) is 12.1 Å². The quantitative estimate of drug-likeness (QED) is 0.497. The molecule has 2 heterocycles. The molecule has 2 rings (SSSR count). The number of aromatic nitrogens is 2. The van der Waals surface area contributed by atoms with Crippen molar-refractivity contribution >= 4 is 11.9 Å². The predicted molar refractivity (Wildman–Crippen MR) is 34.7 cm³/mol. The minimum Gasteiger partial charge on any atom is -0.385 e. The highest BCUT2D eigenvalue weighted by atomic mass is 16.7. The maximum Gasteiger partial charge on any atom is 0.428 e. The second kappa shape index (κ2) is 2.70. The Hall–Kier alpha value is -2.18. The third kappa shape index (κ3) is 1.53. The van der Waals surface area contributed by atoms with E-state index in [2.05, 4.69) is 24.1 Å². The Morgan fingerprint density at radius 2 is 1.77 bits per heavy atom. The number of hydrogen-bond acceptors (Lipinski definition) is 7. The molecule has 2 bridgehead atoms. The van der Waals surface area contributed by atoms with Gasteiger partial charge in [-0.25, -0.2) is 9.59 Å². The SMILES string of the molecule is O=C1/C=C/C(=O)Oc2nc(no2)O1. The van der Waals surface area contributed by atoms with Gasteiger partial charge >= 0.3 is 24.0 Å². The molecule has 7 heteroatoms. The van der Waals surface area contributed by atoms with E-state index < -0.39 is 11.9 Å². The van der Waals surface area contributed by atoms with Gasteiger partial charge in [0.2, 0.25) is 0 Å². The number of rotatable bonds is 0. The summed E-state index contributed by atoms with van der Waals surface area (Å²) < 4.78 is 13.4. The molecule has 0 amide bonds. The summed E-state index contributed by atoms with van der Waals surface area (Å²) >= 11 is 0. The normalized spacial score (nSPS) is 17.8. The zero-order valence-electron chi connectivity index (χ0n) is 6.09. The lowest BCUT2D eigenvalue weighted by Crippen LogP contribution is -2.07. The Labute approximate surface area is 70.9 Å². The van der Waals surface area contributed by atoms with Crippen molar-refractivity contribution in [2.45, 2.75) is 0 Å². The van der Waals surface area contributed by atoms with Crippen molar-refractivity contribution in [3.8, 4) is 12.1 Å². The van der Waals surface area contributed by atoms with Gasteiger partial charge in [0.25, 0.3) is 0 Å². The maximum atomic E-state index is 10.8. The minimum absolute atomic E-state index is 0.292. The smallest absolute Gasteiger partial charge is 0.385 e. The second-order valence-electron chi connectivity index (χ2n) is 2.02. The molecule has 0 aromatic carbocycles. The predicted octanol–water partition coefficient (Wildman–Crippen LogP) is -0.550. The number of carbonyl (C=O) groups is 2. The number of esters is 2. The average molecular weight is 182 g/mol. The fourth-order valence-electron chi connectivity index (χ4n) is 0.660. The van der Waals surface area contributed by atoms with Crippen LogP contribution in [0.25, 0.3) is 0 Å². The van der Waals surface area contributed by atoms with Gasteiger partial charge in [-0.3, -0.25) is 4.52 Å². The molecule has 0 N–H and O–H groups in total. The summed E-state index contributed by atoms with van der Waals surface area (Å²) in [5.41, 5.74) is 0. The number of fused-ring (bicyclic) bond motifs is 2. The van der Waals surface area contributed by atoms with Crippen LogP contribution in [0.3, 0.4) is 0 Å². The first-order chi connectivity index (χ1) is 6.24. The van der Waals surface area contributed by atoms with Crippen molar-refractivity contribution in [2.24, 2.45) is 0 Å². The van der Waals surface area contributed by atoms with Gasteiger partial charge in [0.1, 0.15) is 0 Å². The Morgan fingerprint density at radius 3 is 2.54 bits per heavy atom. The highest BCUT2D eigenvalue weighted by Crippen LogP contribution is 2.13. The second-order valence-corrected chi connectivity index (χ2v) is 2.02. The largest absolute Gasteiger partial charge is 0.428 e. The van der Waals surface area contributed by atoms with Gasteiger partial charge < -0.3 is 9.47 Å². The zero-order chi connectivity index (χ0) is 9.26. The Balaban J connectivity index is 2.38. The van der Waals surface area contributed by atoms with Gasteiger partial charge in [0.15, 0.2) is 0 Å². The third-order valence-electron chi connectivity index (χ3n) is 1.12. The van der Waals surface area contributed by atoms with E-state index in [9.17, 15) is 9.59 Å². The van der Waals surface area contributed by atoms with Crippen LogP contribution >= 0.6 is 0 Å². The lowest BCUT2D eigenvalue weighted by atomic mass is 10.5. The molecule has 1 aliphatic heterocycles. The van der Waals surface area contributed by atoms with Crippen LogP contribution in [0.4, 0.5) is 0 Å². The molecule has 7 nitrogen and oxygen atoms in total. The van der Waals surface area contributed by atoms with Crippen LogP contribution in [0.2, 0.25) is 0 Å². The number of ether oxygens (including phenoxy) is 2. The van der Waals surface area contributed by atoms with Crippen molar-refractivity contribution in [2.75, 3.05) is 0 Å². The number of nitrogens with zero attached hydrogens (tertiary/aromatic N) is 2. The highest BCUT2D eigenvalue weighted by Gasteiger charge is 2.16. The van der Waals surface area contributed by atoms with Gasteiger partial charge in [-0.05, 0) is 5.16 Å². The van der Waals surface area contributed by atoms with Gasteiger partial charge in [0.05, 0.1) is 0 Å². The number of carbonyl (C=O) groups excluding carboxylic acids is 2. The molecular formula is C6H2N2O5. The molecule has 0 spiro atoms. The third-order valence-corrected chi connectivity index (χ3v) is 1.12. The van der Waals surface area contributed by atoms with Crippen LogP contribution in [0, 0.1) is 0 Å². The monoisotopic (exact) mass is 182 g/mol. The minimum atomic E-state index is -0.783. The summed E-state index contributed by atoms with van der Waals surface area (Å²) in [6, 6.07) is -0.292. The summed E-state index contributed by atoms with van der Waals surface area (Å²) in [7, 11) is 0. The molecule has 0 radical (unpaired) electrons. The molecule has 0 saturated carbocycles. The lowest BCUT2D eigenvalue weighted by Gasteiger charge is -1.90. The average Bonchev–Trinajstić information content (AvgIpc) is 2.50. The lowest BCUT2D eigenvalue weighted by molar-refractivity contribution is -0.132. The van der Waals surface area contributed by atoms with E-state index in [1.807, 2.05) is 0 Å². The van der Waals surface area contributed by atoms with Crippen molar-refractivity contribution in [3.05, 3.63) is 12.2 Å². The summed E-state index contributed by atoms with van der Waals surface area (Å²) in [5.74, 6) is -1.56. The topological polar surface area (TPSA) is 91.5 Å². The highest BCUT2D eigenvalue weighted by molar-refractivity contribution is 5.93. The maximum absolute atomic E-state index is 10.8. The summed E-state index contributed by atoms with van der Waals surface area (Å²) in [5, 5.41) is 3.20. The number of hydrogen-bond donors (Lipinski definition) is 0. The molecule has 0 saturated heterocycles. The molecule has 1 aliphatic rings. The van der Waals surface area contributed by atoms with Gasteiger partial charge in [-0.15, -0.1) is 4.98 Å². The van der Waals surface area contributed by atoms with Crippen molar-refractivity contribution < 1.29 is 23.6 Å². The fraction of sp³-hybridized carbons (Fsp3) is 0. The van der Waals surface area contributed by atoms with E-state index >= 15 is 0 Å². The molecule has 13 heavy (non-hydrogen) atoms. The first-order valence-electron chi connectivity index (χ1n) is 3.19. The molecule has 66 valence electrons. The van der Waals surface area contributed by atoms with Crippen LogP contribution < -0.4 is 9.47 Å². The first kappa shape index (κ1) is 7.47. The van der Waals surface area contributed by atoms with Crippen LogP contribution in [0.15, 0.2) is 16.7 Å². The molecule has 0 atom stereocenters. The first-order valence-corrected chi connectivity index (χ1v) is 3.19. The van der Waals surface area contributed by atoms with Crippen LogP contribution in [0.1, 0.15) is 0 Å². The van der Waals surface area contributed by atoms with E-state index in [-0.39, 0.29) is 12.1 Å². The summed E-state index contributed by atoms with van der Waals surface area (Å²) in [6.07, 6.45) is 1.44. The van der Waals surface area contributed by atoms with Crippen LogP contribution in [-0.4, -0.2) is 22.1 Å². The Morgan fingerprint density at radius 1 is 1.08 bits per heavy atom. The van der Waals surface area contributed by atoms with Gasteiger partial charge in [0, 0.05) is 12.2 Å². The molecular weight excluding hydrogens is 180 g/mol. The zero-order valence-corrected chi connectivity index (χ0v) is 6.09. The van der Waals surface area contributed by atoms with E-state index in [0.29, 0.717) is 0 Å². The van der Waals surface area contributed by atoms with Crippen molar-refractivity contribution in [3.63, 3.8) is 0 Å². The summed E-state index contributed by atoms with van der Waals surface area (Å²) in [4.78, 5) is 25.0. The van der Waals surface area contributed by atoms with Crippen LogP contribution in [-0.2, 0) is 9.59 Å². The van der Waals surface area contributed by atoms with Gasteiger partial charge in [-0.1, -0.05) is 0 Å². The van der Waals surface area contributed by atoms with E-state index in [1.54, 1.807) is 0 Å². The Kier molecular flexibility index (Phi) is 1.55. The van der Waals surface area contributed by atoms with Crippen molar-refractivity contribution in [1.29, 1.82) is 0 Å². The van der Waals surface area contributed by atoms with E-state index in [0.717, 1.165) is 12.2 Å². The van der Waals surface area contributed by atoms with E-state index in [4.69, 9.17) is 0 Å². The Bertz CT molecular complexity index is 359. The molecule has 1 aromatic rings. The fourth-order valence-corrected chi connectivity index (χ4v) is 0.660.